The average molecular weight is 268 g/mol. The summed E-state index contributed by atoms with van der Waals surface area (Å²) in [6.45, 7) is 5.57. The Balaban J connectivity index is 2.27. The first-order valence-electron chi connectivity index (χ1n) is 6.63. The lowest BCUT2D eigenvalue weighted by atomic mass is 9.73. The number of amides is 1. The predicted molar refractivity (Wildman–Crippen MR) is 73.9 cm³/mol. The van der Waals surface area contributed by atoms with Crippen LogP contribution in [0.2, 0.25) is 0 Å². The van der Waals surface area contributed by atoms with Crippen LogP contribution in [0, 0.1) is 11.8 Å². The predicted octanol–water partition coefficient (Wildman–Crippen LogP) is 1.86. The maximum absolute atomic E-state index is 11.6. The van der Waals surface area contributed by atoms with Crippen LogP contribution in [-0.2, 0) is 14.3 Å². The number of esters is 1. The van der Waals surface area contributed by atoms with Crippen LogP contribution in [0.4, 0.5) is 0 Å². The molecule has 0 aromatic heterocycles. The molecule has 108 valence electrons. The molecule has 0 aromatic rings. The van der Waals surface area contributed by atoms with Crippen molar-refractivity contribution in [2.45, 2.75) is 45.6 Å². The van der Waals surface area contributed by atoms with Gasteiger partial charge in [0.2, 0.25) is 5.91 Å². The van der Waals surface area contributed by atoms with Gasteiger partial charge in [0.15, 0.2) is 0 Å². The Morgan fingerprint density at radius 2 is 1.89 bits per heavy atom. The molecule has 0 radical (unpaired) electrons. The van der Waals surface area contributed by atoms with Crippen LogP contribution in [0.15, 0.2) is 4.99 Å². The molecule has 0 saturated heterocycles. The van der Waals surface area contributed by atoms with Crippen molar-refractivity contribution in [2.24, 2.45) is 16.8 Å². The van der Waals surface area contributed by atoms with E-state index in [1.54, 1.807) is 4.90 Å². The second kappa shape index (κ2) is 6.17. The van der Waals surface area contributed by atoms with Crippen LogP contribution in [0.3, 0.4) is 0 Å². The van der Waals surface area contributed by atoms with Gasteiger partial charge in [-0.3, -0.25) is 9.59 Å². The van der Waals surface area contributed by atoms with E-state index < -0.39 is 5.60 Å². The number of carbonyl (C=O) groups is 2. The second-order valence-electron chi connectivity index (χ2n) is 6.37. The van der Waals surface area contributed by atoms with Crippen LogP contribution >= 0.6 is 0 Å². The van der Waals surface area contributed by atoms with Gasteiger partial charge >= 0.3 is 5.97 Å². The molecule has 0 bridgehead atoms. The molecule has 1 aliphatic carbocycles. The summed E-state index contributed by atoms with van der Waals surface area (Å²) in [6.07, 6.45) is 3.40. The zero-order valence-electron chi connectivity index (χ0n) is 12.5. The van der Waals surface area contributed by atoms with Crippen molar-refractivity contribution in [1.29, 1.82) is 0 Å². The molecule has 1 rings (SSSR count). The third kappa shape index (κ3) is 5.85. The number of aliphatic imine (C=N–C) groups is 1. The van der Waals surface area contributed by atoms with E-state index in [4.69, 9.17) is 4.74 Å². The van der Waals surface area contributed by atoms with Gasteiger partial charge in [0, 0.05) is 26.4 Å². The third-order valence-electron chi connectivity index (χ3n) is 2.88. The fraction of sp³-hybridized carbons (Fsp3) is 0.786. The van der Waals surface area contributed by atoms with E-state index in [2.05, 4.69) is 4.99 Å². The van der Waals surface area contributed by atoms with Crippen molar-refractivity contribution in [1.82, 2.24) is 4.90 Å². The van der Waals surface area contributed by atoms with Crippen LogP contribution < -0.4 is 0 Å². The Bertz CT molecular complexity index is 363. The van der Waals surface area contributed by atoms with Gasteiger partial charge in [0.05, 0.1) is 6.34 Å². The highest BCUT2D eigenvalue weighted by Gasteiger charge is 2.36. The zero-order chi connectivity index (χ0) is 14.6. The molecule has 0 aliphatic heterocycles. The van der Waals surface area contributed by atoms with Gasteiger partial charge in [0.25, 0.3) is 0 Å². The number of hydrogen-bond acceptors (Lipinski definition) is 3. The van der Waals surface area contributed by atoms with Crippen LogP contribution in [0.5, 0.6) is 0 Å². The summed E-state index contributed by atoms with van der Waals surface area (Å²) in [6, 6.07) is 0. The SMILES string of the molecule is CN(C)C=NC(=O)C1CC(CC(=O)OC(C)(C)C)C1. The first-order chi connectivity index (χ1) is 8.67. The summed E-state index contributed by atoms with van der Waals surface area (Å²) in [4.78, 5) is 28.9. The van der Waals surface area contributed by atoms with Crippen LogP contribution in [0.1, 0.15) is 40.0 Å². The fourth-order valence-corrected chi connectivity index (χ4v) is 2.00. The van der Waals surface area contributed by atoms with Gasteiger partial charge in [-0.25, -0.2) is 4.99 Å². The summed E-state index contributed by atoms with van der Waals surface area (Å²) < 4.78 is 5.26. The van der Waals surface area contributed by atoms with Crippen molar-refractivity contribution < 1.29 is 14.3 Å². The lowest BCUT2D eigenvalue weighted by Gasteiger charge is -2.33. The Kier molecular flexibility index (Phi) is 5.09. The summed E-state index contributed by atoms with van der Waals surface area (Å²) in [5.74, 6) is -0.0312. The molecule has 0 N–H and O–H groups in total. The quantitative estimate of drug-likeness (QED) is 0.443. The molecule has 5 heteroatoms. The van der Waals surface area contributed by atoms with Gasteiger partial charge in [-0.05, 0) is 39.5 Å². The highest BCUT2D eigenvalue weighted by Crippen LogP contribution is 2.37. The molecule has 0 spiro atoms. The average Bonchev–Trinajstić information content (AvgIpc) is 2.16. The number of hydrogen-bond donors (Lipinski definition) is 0. The highest BCUT2D eigenvalue weighted by atomic mass is 16.6. The molecule has 0 heterocycles. The van der Waals surface area contributed by atoms with E-state index in [1.807, 2.05) is 34.9 Å². The number of nitrogens with zero attached hydrogens (tertiary/aromatic N) is 2. The van der Waals surface area contributed by atoms with Gasteiger partial charge in [-0.15, -0.1) is 0 Å². The van der Waals surface area contributed by atoms with E-state index in [0.717, 1.165) is 12.8 Å². The maximum atomic E-state index is 11.6. The van der Waals surface area contributed by atoms with Crippen molar-refractivity contribution in [2.75, 3.05) is 14.1 Å². The molecule has 1 fully saturated rings. The van der Waals surface area contributed by atoms with Gasteiger partial charge in [0.1, 0.15) is 5.60 Å². The van der Waals surface area contributed by atoms with Gasteiger partial charge < -0.3 is 9.64 Å². The summed E-state index contributed by atoms with van der Waals surface area (Å²) >= 11 is 0. The van der Waals surface area contributed by atoms with Gasteiger partial charge in [-0.1, -0.05) is 0 Å². The van der Waals surface area contributed by atoms with Gasteiger partial charge in [-0.2, -0.15) is 0 Å². The largest absolute Gasteiger partial charge is 0.460 e. The van der Waals surface area contributed by atoms with Crippen LogP contribution in [0.25, 0.3) is 0 Å². The molecular weight excluding hydrogens is 244 g/mol. The first kappa shape index (κ1) is 15.7. The van der Waals surface area contributed by atoms with E-state index in [0.29, 0.717) is 6.42 Å². The van der Waals surface area contributed by atoms with Crippen molar-refractivity contribution in [3.05, 3.63) is 0 Å². The summed E-state index contributed by atoms with van der Waals surface area (Å²) in [7, 11) is 3.64. The Labute approximate surface area is 115 Å². The lowest BCUT2D eigenvalue weighted by molar-refractivity contribution is -0.157. The normalized spacial score (nSPS) is 23.0. The Morgan fingerprint density at radius 1 is 1.32 bits per heavy atom. The Morgan fingerprint density at radius 3 is 2.37 bits per heavy atom. The molecule has 1 aliphatic rings. The van der Waals surface area contributed by atoms with E-state index >= 15 is 0 Å². The monoisotopic (exact) mass is 268 g/mol. The van der Waals surface area contributed by atoms with E-state index in [9.17, 15) is 9.59 Å². The Hall–Kier alpha value is -1.39. The van der Waals surface area contributed by atoms with Crippen molar-refractivity contribution in [3.8, 4) is 0 Å². The summed E-state index contributed by atoms with van der Waals surface area (Å²) in [5, 5.41) is 0. The maximum Gasteiger partial charge on any atom is 0.306 e. The number of ether oxygens (including phenoxy) is 1. The third-order valence-corrected chi connectivity index (χ3v) is 2.88. The second-order valence-corrected chi connectivity index (χ2v) is 6.37. The first-order valence-corrected chi connectivity index (χ1v) is 6.63. The minimum atomic E-state index is -0.438. The summed E-state index contributed by atoms with van der Waals surface area (Å²) in [5.41, 5.74) is -0.438. The molecule has 19 heavy (non-hydrogen) atoms. The highest BCUT2D eigenvalue weighted by molar-refractivity contribution is 5.87. The van der Waals surface area contributed by atoms with E-state index in [1.165, 1.54) is 6.34 Å². The fourth-order valence-electron chi connectivity index (χ4n) is 2.00. The lowest BCUT2D eigenvalue weighted by Crippen LogP contribution is -2.33. The topological polar surface area (TPSA) is 59.0 Å². The van der Waals surface area contributed by atoms with Crippen LogP contribution in [-0.4, -0.2) is 42.8 Å². The smallest absolute Gasteiger partial charge is 0.306 e. The molecular formula is C14H24N2O3. The molecule has 0 atom stereocenters. The standard InChI is InChI=1S/C14H24N2O3/c1-14(2,3)19-12(17)8-10-6-11(7-10)13(18)15-9-16(4)5/h9-11H,6-8H2,1-5H3. The molecule has 1 saturated carbocycles. The minimum Gasteiger partial charge on any atom is -0.460 e. The molecule has 5 nitrogen and oxygen atoms in total. The zero-order valence-corrected chi connectivity index (χ0v) is 12.5. The molecule has 1 amide bonds. The minimum absolute atomic E-state index is 0.0244. The number of carbonyl (C=O) groups excluding carboxylic acids is 2. The molecule has 0 aromatic carbocycles. The van der Waals surface area contributed by atoms with E-state index in [-0.39, 0.29) is 23.7 Å². The van der Waals surface area contributed by atoms with Crippen molar-refractivity contribution >= 4 is 18.2 Å². The molecule has 0 unspecified atom stereocenters. The number of rotatable bonds is 4. The van der Waals surface area contributed by atoms with Crippen molar-refractivity contribution in [3.63, 3.8) is 0 Å².